The first-order valence-electron chi connectivity index (χ1n) is 5.06. The topological polar surface area (TPSA) is 65.8 Å². The average molecular weight is 289 g/mol. The van der Waals surface area contributed by atoms with Crippen LogP contribution in [0.3, 0.4) is 0 Å². The van der Waals surface area contributed by atoms with Gasteiger partial charge in [0.25, 0.3) is 0 Å². The van der Waals surface area contributed by atoms with E-state index in [-0.39, 0.29) is 25.5 Å². The highest BCUT2D eigenvalue weighted by molar-refractivity contribution is 5.85. The molecule has 1 aromatic rings. The third-order valence-electron chi connectivity index (χ3n) is 2.10. The molecule has 0 aliphatic heterocycles. The van der Waals surface area contributed by atoms with Crippen LogP contribution in [0.25, 0.3) is 0 Å². The summed E-state index contributed by atoms with van der Waals surface area (Å²) >= 11 is 0. The van der Waals surface area contributed by atoms with Crippen molar-refractivity contribution in [3.05, 3.63) is 16.3 Å². The molecular weight excluding hydrogens is 273 g/mol. The zero-order chi connectivity index (χ0) is 13.4. The third kappa shape index (κ3) is 3.26. The molecule has 0 aromatic carbocycles. The monoisotopic (exact) mass is 288 g/mol. The van der Waals surface area contributed by atoms with Gasteiger partial charge in [-0.3, -0.25) is 4.57 Å². The van der Waals surface area contributed by atoms with Gasteiger partial charge in [-0.15, -0.1) is 17.5 Å². The molecule has 0 radical (unpaired) electrons. The molecule has 1 aromatic heterocycles. The van der Waals surface area contributed by atoms with Crippen molar-refractivity contribution in [1.82, 2.24) is 14.3 Å². The average Bonchev–Trinajstić information content (AvgIpc) is 2.43. The van der Waals surface area contributed by atoms with Gasteiger partial charge in [0.05, 0.1) is 6.54 Å². The quantitative estimate of drug-likeness (QED) is 0.889. The largest absolute Gasteiger partial charge is 0.451 e. The summed E-state index contributed by atoms with van der Waals surface area (Å²) in [4.78, 5) is 11.8. The Hall–Kier alpha value is -1.02. The molecule has 1 rings (SSSR count). The second-order valence-electron chi connectivity index (χ2n) is 4.62. The molecule has 0 saturated heterocycles. The summed E-state index contributed by atoms with van der Waals surface area (Å²) in [6.07, 6.45) is -4.66. The molecule has 9 heteroatoms. The zero-order valence-electron chi connectivity index (χ0n) is 10.3. The van der Waals surface area contributed by atoms with Gasteiger partial charge < -0.3 is 5.73 Å². The van der Waals surface area contributed by atoms with Gasteiger partial charge in [-0.2, -0.15) is 13.2 Å². The summed E-state index contributed by atoms with van der Waals surface area (Å²) < 4.78 is 39.6. The van der Waals surface area contributed by atoms with Crippen LogP contribution in [0.4, 0.5) is 13.2 Å². The molecule has 0 fully saturated rings. The first-order valence-corrected chi connectivity index (χ1v) is 5.06. The molecule has 0 saturated carbocycles. The summed E-state index contributed by atoms with van der Waals surface area (Å²) in [6, 6.07) is 0. The molecule has 0 amide bonds. The van der Waals surface area contributed by atoms with Crippen LogP contribution in [0, 0.1) is 0 Å². The molecule has 5 nitrogen and oxygen atoms in total. The summed E-state index contributed by atoms with van der Waals surface area (Å²) in [6.45, 7) is 4.55. The Labute approximate surface area is 108 Å². The molecule has 18 heavy (non-hydrogen) atoms. The van der Waals surface area contributed by atoms with Crippen molar-refractivity contribution in [1.29, 1.82) is 0 Å². The molecule has 0 aliphatic rings. The minimum atomic E-state index is -4.66. The minimum Gasteiger partial charge on any atom is -0.329 e. The molecule has 0 unspecified atom stereocenters. The molecule has 0 aliphatic carbocycles. The maximum absolute atomic E-state index is 12.7. The van der Waals surface area contributed by atoms with E-state index in [1.54, 1.807) is 0 Å². The Kier molecular flexibility index (Phi) is 5.01. The number of aromatic nitrogens is 3. The van der Waals surface area contributed by atoms with Crippen molar-refractivity contribution < 1.29 is 13.2 Å². The highest BCUT2D eigenvalue weighted by Crippen LogP contribution is 2.29. The standard InChI is InChI=1S/C9H15F3N4O.ClH/c1-8(2,3)16-6(9(10,11)12)14-15(5-4-13)7(16)17;/h4-5,13H2,1-3H3;1H. The number of rotatable bonds is 2. The molecular formula is C9H16ClF3N4O. The normalized spacial score (nSPS) is 12.4. The van der Waals surface area contributed by atoms with Crippen LogP contribution >= 0.6 is 12.4 Å². The summed E-state index contributed by atoms with van der Waals surface area (Å²) in [5.74, 6) is -1.19. The lowest BCUT2D eigenvalue weighted by Crippen LogP contribution is -2.38. The Bertz CT molecular complexity index is 458. The van der Waals surface area contributed by atoms with E-state index in [1.165, 1.54) is 20.8 Å². The van der Waals surface area contributed by atoms with Gasteiger partial charge in [-0.1, -0.05) is 0 Å². The van der Waals surface area contributed by atoms with Crippen molar-refractivity contribution in [2.75, 3.05) is 6.54 Å². The van der Waals surface area contributed by atoms with E-state index >= 15 is 0 Å². The molecule has 106 valence electrons. The van der Waals surface area contributed by atoms with E-state index in [9.17, 15) is 18.0 Å². The first kappa shape index (κ1) is 17.0. The van der Waals surface area contributed by atoms with Gasteiger partial charge in [0.2, 0.25) is 5.82 Å². The third-order valence-corrected chi connectivity index (χ3v) is 2.10. The van der Waals surface area contributed by atoms with Gasteiger partial charge in [0.15, 0.2) is 0 Å². The number of alkyl halides is 3. The first-order chi connectivity index (χ1) is 7.59. The SMILES string of the molecule is CC(C)(C)n1c(C(F)(F)F)nn(CCN)c1=O.Cl. The van der Waals surface area contributed by atoms with Crippen molar-refractivity contribution in [2.24, 2.45) is 5.73 Å². The second-order valence-corrected chi connectivity index (χ2v) is 4.62. The summed E-state index contributed by atoms with van der Waals surface area (Å²) in [7, 11) is 0. The Balaban J connectivity index is 0.00000289. The molecule has 2 N–H and O–H groups in total. The number of nitrogens with zero attached hydrogens (tertiary/aromatic N) is 3. The van der Waals surface area contributed by atoms with E-state index in [0.29, 0.717) is 4.57 Å². The van der Waals surface area contributed by atoms with Gasteiger partial charge in [0, 0.05) is 12.1 Å². The maximum atomic E-state index is 12.7. The van der Waals surface area contributed by atoms with Crippen LogP contribution in [0.1, 0.15) is 26.6 Å². The lowest BCUT2D eigenvalue weighted by Gasteiger charge is -2.21. The van der Waals surface area contributed by atoms with E-state index in [1.807, 2.05) is 0 Å². The van der Waals surface area contributed by atoms with Gasteiger partial charge in [-0.25, -0.2) is 9.48 Å². The zero-order valence-corrected chi connectivity index (χ0v) is 11.1. The number of hydrogen-bond donors (Lipinski definition) is 1. The number of halogens is 4. The summed E-state index contributed by atoms with van der Waals surface area (Å²) in [5.41, 5.74) is 3.43. The molecule has 0 atom stereocenters. The van der Waals surface area contributed by atoms with E-state index in [0.717, 1.165) is 4.68 Å². The van der Waals surface area contributed by atoms with Crippen LogP contribution in [0.5, 0.6) is 0 Å². The van der Waals surface area contributed by atoms with Gasteiger partial charge in [-0.05, 0) is 20.8 Å². The van der Waals surface area contributed by atoms with E-state index < -0.39 is 23.2 Å². The fourth-order valence-electron chi connectivity index (χ4n) is 1.46. The van der Waals surface area contributed by atoms with Crippen LogP contribution in [-0.2, 0) is 18.3 Å². The Morgan fingerprint density at radius 3 is 2.06 bits per heavy atom. The van der Waals surface area contributed by atoms with Crippen LogP contribution in [-0.4, -0.2) is 20.9 Å². The Morgan fingerprint density at radius 1 is 1.28 bits per heavy atom. The highest BCUT2D eigenvalue weighted by atomic mass is 35.5. The molecule has 0 bridgehead atoms. The Morgan fingerprint density at radius 2 is 1.78 bits per heavy atom. The van der Waals surface area contributed by atoms with Crippen LogP contribution < -0.4 is 11.4 Å². The van der Waals surface area contributed by atoms with Crippen molar-refractivity contribution in [3.63, 3.8) is 0 Å². The van der Waals surface area contributed by atoms with Crippen molar-refractivity contribution in [2.45, 2.75) is 39.0 Å². The molecule has 0 spiro atoms. The lowest BCUT2D eigenvalue weighted by atomic mass is 10.1. The predicted octanol–water partition coefficient (Wildman–Crippen LogP) is 1.20. The fraction of sp³-hybridized carbons (Fsp3) is 0.778. The fourth-order valence-corrected chi connectivity index (χ4v) is 1.46. The molecule has 1 heterocycles. The van der Waals surface area contributed by atoms with Gasteiger partial charge >= 0.3 is 11.9 Å². The maximum Gasteiger partial charge on any atom is 0.451 e. The van der Waals surface area contributed by atoms with Crippen molar-refractivity contribution >= 4 is 12.4 Å². The highest BCUT2D eigenvalue weighted by Gasteiger charge is 2.41. The number of nitrogens with two attached hydrogens (primary N) is 1. The number of hydrogen-bond acceptors (Lipinski definition) is 3. The van der Waals surface area contributed by atoms with Crippen LogP contribution in [0.2, 0.25) is 0 Å². The van der Waals surface area contributed by atoms with Crippen LogP contribution in [0.15, 0.2) is 4.79 Å². The minimum absolute atomic E-state index is 0. The smallest absolute Gasteiger partial charge is 0.329 e. The van der Waals surface area contributed by atoms with E-state index in [4.69, 9.17) is 5.73 Å². The van der Waals surface area contributed by atoms with Crippen molar-refractivity contribution in [3.8, 4) is 0 Å². The van der Waals surface area contributed by atoms with Gasteiger partial charge in [0.1, 0.15) is 0 Å². The lowest BCUT2D eigenvalue weighted by molar-refractivity contribution is -0.149. The summed E-state index contributed by atoms with van der Waals surface area (Å²) in [5, 5.41) is 3.30. The second kappa shape index (κ2) is 5.31. The predicted molar refractivity (Wildman–Crippen MR) is 62.8 cm³/mol. The van der Waals surface area contributed by atoms with E-state index in [2.05, 4.69) is 5.10 Å².